The standard InChI is InChI=1S/C13H22N2O2S/c1-3-15(8-9-18(16,17)4-2)11-12-6-5-7-13(14)10-12/h5-7,10H,3-4,8-9,11,14H2,1-2H3. The summed E-state index contributed by atoms with van der Waals surface area (Å²) in [4.78, 5) is 2.11. The normalized spacial score (nSPS) is 11.9. The van der Waals surface area contributed by atoms with Crippen molar-refractivity contribution in [1.29, 1.82) is 0 Å². The van der Waals surface area contributed by atoms with E-state index in [-0.39, 0.29) is 11.5 Å². The third-order valence-electron chi connectivity index (χ3n) is 2.96. The molecule has 5 heteroatoms. The van der Waals surface area contributed by atoms with E-state index in [2.05, 4.69) is 4.90 Å². The Hall–Kier alpha value is -1.07. The first-order valence-electron chi connectivity index (χ1n) is 6.24. The van der Waals surface area contributed by atoms with Gasteiger partial charge in [0.1, 0.15) is 0 Å². The molecule has 102 valence electrons. The van der Waals surface area contributed by atoms with E-state index in [9.17, 15) is 8.42 Å². The number of hydrogen-bond acceptors (Lipinski definition) is 4. The molecule has 1 aromatic rings. The number of rotatable bonds is 7. The number of benzene rings is 1. The molecule has 0 unspecified atom stereocenters. The molecule has 0 aliphatic carbocycles. The first kappa shape index (κ1) is 15.0. The molecule has 0 heterocycles. The van der Waals surface area contributed by atoms with Gasteiger partial charge < -0.3 is 5.73 Å². The van der Waals surface area contributed by atoms with Crippen LogP contribution in [0.1, 0.15) is 19.4 Å². The fraction of sp³-hybridized carbons (Fsp3) is 0.538. The molecule has 0 saturated heterocycles. The van der Waals surface area contributed by atoms with Gasteiger partial charge in [0.05, 0.1) is 5.75 Å². The van der Waals surface area contributed by atoms with Crippen LogP contribution in [0.3, 0.4) is 0 Å². The summed E-state index contributed by atoms with van der Waals surface area (Å²) >= 11 is 0. The van der Waals surface area contributed by atoms with Crippen LogP contribution < -0.4 is 5.73 Å². The lowest BCUT2D eigenvalue weighted by molar-refractivity contribution is 0.296. The highest BCUT2D eigenvalue weighted by Gasteiger charge is 2.11. The number of nitrogens with zero attached hydrogens (tertiary/aromatic N) is 1. The maximum Gasteiger partial charge on any atom is 0.151 e. The van der Waals surface area contributed by atoms with Crippen LogP contribution in [0.25, 0.3) is 0 Å². The third-order valence-corrected chi connectivity index (χ3v) is 4.65. The van der Waals surface area contributed by atoms with Gasteiger partial charge in [-0.3, -0.25) is 4.90 Å². The average molecular weight is 270 g/mol. The van der Waals surface area contributed by atoms with Crippen molar-refractivity contribution in [2.75, 3.05) is 30.3 Å². The second kappa shape index (κ2) is 6.75. The Kier molecular flexibility index (Phi) is 5.62. The topological polar surface area (TPSA) is 63.4 Å². The Morgan fingerprint density at radius 1 is 1.28 bits per heavy atom. The molecule has 0 fully saturated rings. The van der Waals surface area contributed by atoms with E-state index >= 15 is 0 Å². The molecule has 4 nitrogen and oxygen atoms in total. The van der Waals surface area contributed by atoms with Crippen LogP contribution in [-0.4, -0.2) is 37.9 Å². The van der Waals surface area contributed by atoms with Crippen molar-refractivity contribution >= 4 is 15.5 Å². The van der Waals surface area contributed by atoms with Crippen molar-refractivity contribution in [3.05, 3.63) is 29.8 Å². The zero-order valence-electron chi connectivity index (χ0n) is 11.1. The molecule has 0 atom stereocenters. The van der Waals surface area contributed by atoms with Crippen LogP contribution >= 0.6 is 0 Å². The fourth-order valence-corrected chi connectivity index (χ4v) is 2.54. The largest absolute Gasteiger partial charge is 0.399 e. The van der Waals surface area contributed by atoms with E-state index in [4.69, 9.17) is 5.73 Å². The molecule has 1 rings (SSSR count). The van der Waals surface area contributed by atoms with Crippen molar-refractivity contribution in [3.8, 4) is 0 Å². The van der Waals surface area contributed by atoms with Crippen molar-refractivity contribution in [3.63, 3.8) is 0 Å². The summed E-state index contributed by atoms with van der Waals surface area (Å²) < 4.78 is 23.0. The quantitative estimate of drug-likeness (QED) is 0.763. The molecule has 0 radical (unpaired) electrons. The van der Waals surface area contributed by atoms with Crippen molar-refractivity contribution in [1.82, 2.24) is 4.90 Å². The molecular formula is C13H22N2O2S. The Labute approximate surface area is 110 Å². The van der Waals surface area contributed by atoms with Crippen LogP contribution in [0.2, 0.25) is 0 Å². The van der Waals surface area contributed by atoms with Crippen molar-refractivity contribution < 1.29 is 8.42 Å². The van der Waals surface area contributed by atoms with Gasteiger partial charge in [-0.15, -0.1) is 0 Å². The molecule has 2 N–H and O–H groups in total. The van der Waals surface area contributed by atoms with Crippen LogP contribution in [0.15, 0.2) is 24.3 Å². The van der Waals surface area contributed by atoms with Gasteiger partial charge >= 0.3 is 0 Å². The lowest BCUT2D eigenvalue weighted by Crippen LogP contribution is -2.29. The minimum absolute atomic E-state index is 0.211. The van der Waals surface area contributed by atoms with Crippen LogP contribution in [0.5, 0.6) is 0 Å². The second-order valence-electron chi connectivity index (χ2n) is 4.35. The maximum absolute atomic E-state index is 11.5. The zero-order chi connectivity index (χ0) is 13.6. The Bertz CT molecular complexity index is 472. The predicted molar refractivity (Wildman–Crippen MR) is 76.1 cm³/mol. The van der Waals surface area contributed by atoms with Gasteiger partial charge in [0.2, 0.25) is 0 Å². The summed E-state index contributed by atoms with van der Waals surface area (Å²) in [6, 6.07) is 7.70. The van der Waals surface area contributed by atoms with Gasteiger partial charge in [-0.05, 0) is 24.2 Å². The molecule has 0 saturated carbocycles. The van der Waals surface area contributed by atoms with E-state index in [1.54, 1.807) is 6.92 Å². The SMILES string of the molecule is CCN(CCS(=O)(=O)CC)Cc1cccc(N)c1. The Morgan fingerprint density at radius 2 is 2.00 bits per heavy atom. The van der Waals surface area contributed by atoms with Gasteiger partial charge in [0, 0.05) is 24.5 Å². The lowest BCUT2D eigenvalue weighted by atomic mass is 10.2. The number of anilines is 1. The monoisotopic (exact) mass is 270 g/mol. The number of hydrogen-bond donors (Lipinski definition) is 1. The van der Waals surface area contributed by atoms with Gasteiger partial charge in [-0.2, -0.15) is 0 Å². The molecule has 0 spiro atoms. The Morgan fingerprint density at radius 3 is 2.56 bits per heavy atom. The van der Waals surface area contributed by atoms with Gasteiger partial charge in [-0.1, -0.05) is 26.0 Å². The molecule has 0 aliphatic heterocycles. The zero-order valence-corrected chi connectivity index (χ0v) is 11.9. The van der Waals surface area contributed by atoms with E-state index in [0.29, 0.717) is 6.54 Å². The average Bonchev–Trinajstić information content (AvgIpc) is 2.34. The van der Waals surface area contributed by atoms with Gasteiger partial charge in [-0.25, -0.2) is 8.42 Å². The summed E-state index contributed by atoms with van der Waals surface area (Å²) in [5.41, 5.74) is 7.58. The smallest absolute Gasteiger partial charge is 0.151 e. The highest BCUT2D eigenvalue weighted by molar-refractivity contribution is 7.91. The van der Waals surface area contributed by atoms with Crippen molar-refractivity contribution in [2.24, 2.45) is 0 Å². The highest BCUT2D eigenvalue weighted by atomic mass is 32.2. The predicted octanol–water partition coefficient (Wildman–Crippen LogP) is 1.53. The molecular weight excluding hydrogens is 248 g/mol. The minimum atomic E-state index is -2.89. The Balaban J connectivity index is 2.57. The van der Waals surface area contributed by atoms with Crippen molar-refractivity contribution in [2.45, 2.75) is 20.4 Å². The second-order valence-corrected chi connectivity index (χ2v) is 6.82. The fourth-order valence-electron chi connectivity index (χ4n) is 1.71. The molecule has 0 amide bonds. The highest BCUT2D eigenvalue weighted by Crippen LogP contribution is 2.09. The first-order valence-corrected chi connectivity index (χ1v) is 8.06. The minimum Gasteiger partial charge on any atom is -0.399 e. The first-order chi connectivity index (χ1) is 8.46. The van der Waals surface area contributed by atoms with E-state index in [1.165, 1.54) is 0 Å². The summed E-state index contributed by atoms with van der Waals surface area (Å²) in [6.07, 6.45) is 0. The molecule has 0 aliphatic rings. The summed E-state index contributed by atoms with van der Waals surface area (Å²) in [5.74, 6) is 0.433. The van der Waals surface area contributed by atoms with Crippen LogP contribution in [-0.2, 0) is 16.4 Å². The summed E-state index contributed by atoms with van der Waals surface area (Å²) in [7, 11) is -2.89. The van der Waals surface area contributed by atoms with Crippen LogP contribution in [0.4, 0.5) is 5.69 Å². The van der Waals surface area contributed by atoms with E-state index in [0.717, 1.165) is 24.3 Å². The molecule has 18 heavy (non-hydrogen) atoms. The summed E-state index contributed by atoms with van der Waals surface area (Å²) in [6.45, 7) is 5.85. The molecule has 1 aromatic carbocycles. The summed E-state index contributed by atoms with van der Waals surface area (Å²) in [5, 5.41) is 0. The lowest BCUT2D eigenvalue weighted by Gasteiger charge is -2.20. The number of nitrogens with two attached hydrogens (primary N) is 1. The maximum atomic E-state index is 11.5. The van der Waals surface area contributed by atoms with Crippen LogP contribution in [0, 0.1) is 0 Å². The van der Waals surface area contributed by atoms with E-state index in [1.807, 2.05) is 31.2 Å². The van der Waals surface area contributed by atoms with Gasteiger partial charge in [0.25, 0.3) is 0 Å². The molecule has 0 aromatic heterocycles. The van der Waals surface area contributed by atoms with Gasteiger partial charge in [0.15, 0.2) is 9.84 Å². The molecule has 0 bridgehead atoms. The number of nitrogen functional groups attached to an aromatic ring is 1. The third kappa shape index (κ3) is 5.06. The van der Waals surface area contributed by atoms with E-state index < -0.39 is 9.84 Å². The number of sulfone groups is 1.